The topological polar surface area (TPSA) is 92.6 Å². The Balaban J connectivity index is 1.75. The molecule has 3 aromatic carbocycles. The zero-order chi connectivity index (χ0) is 19.1. The zero-order valence-electron chi connectivity index (χ0n) is 14.4. The van der Waals surface area contributed by atoms with Crippen molar-refractivity contribution < 1.29 is 14.5 Å². The first-order valence-electron chi connectivity index (χ1n) is 8.44. The maximum Gasteiger partial charge on any atom is 0.270 e. The van der Waals surface area contributed by atoms with Gasteiger partial charge in [0.25, 0.3) is 17.5 Å². The van der Waals surface area contributed by atoms with Crippen molar-refractivity contribution in [3.63, 3.8) is 0 Å². The Hall–Kier alpha value is -3.74. The minimum atomic E-state index is -0.541. The molecule has 0 fully saturated rings. The van der Waals surface area contributed by atoms with Crippen LogP contribution in [0.2, 0.25) is 0 Å². The Bertz CT molecular complexity index is 1120. The second-order valence-corrected chi connectivity index (χ2v) is 6.17. The SMILES string of the molecule is CCN1C(=O)c2cccc3c(NC(=O)c4cccc([N+](=O)[O-])c4)ccc1c23. The lowest BCUT2D eigenvalue weighted by molar-refractivity contribution is -0.384. The summed E-state index contributed by atoms with van der Waals surface area (Å²) in [6, 6.07) is 14.5. The number of hydrogen-bond acceptors (Lipinski definition) is 4. The van der Waals surface area contributed by atoms with Gasteiger partial charge in [-0.2, -0.15) is 0 Å². The van der Waals surface area contributed by atoms with Crippen molar-refractivity contribution in [2.24, 2.45) is 0 Å². The van der Waals surface area contributed by atoms with E-state index in [9.17, 15) is 19.7 Å². The molecule has 7 nitrogen and oxygen atoms in total. The first-order chi connectivity index (χ1) is 13.0. The lowest BCUT2D eigenvalue weighted by Gasteiger charge is -2.15. The molecule has 4 rings (SSSR count). The summed E-state index contributed by atoms with van der Waals surface area (Å²) in [7, 11) is 0. The number of nitrogens with zero attached hydrogens (tertiary/aromatic N) is 2. The van der Waals surface area contributed by atoms with Gasteiger partial charge >= 0.3 is 0 Å². The van der Waals surface area contributed by atoms with E-state index in [2.05, 4.69) is 5.32 Å². The Morgan fingerprint density at radius 1 is 1.15 bits per heavy atom. The first-order valence-corrected chi connectivity index (χ1v) is 8.44. The average molecular weight is 361 g/mol. The van der Waals surface area contributed by atoms with Gasteiger partial charge in [0.05, 0.1) is 10.6 Å². The molecule has 0 bridgehead atoms. The number of hydrogen-bond donors (Lipinski definition) is 1. The number of nitro benzene ring substituents is 1. The van der Waals surface area contributed by atoms with E-state index in [0.717, 1.165) is 16.5 Å². The molecule has 0 aliphatic carbocycles. The molecule has 0 saturated carbocycles. The van der Waals surface area contributed by atoms with Crippen LogP contribution in [0, 0.1) is 10.1 Å². The number of non-ortho nitro benzene ring substituents is 1. The van der Waals surface area contributed by atoms with Gasteiger partial charge in [0, 0.05) is 46.3 Å². The number of amides is 2. The van der Waals surface area contributed by atoms with E-state index < -0.39 is 10.8 Å². The summed E-state index contributed by atoms with van der Waals surface area (Å²) in [6.07, 6.45) is 0. The lowest BCUT2D eigenvalue weighted by atomic mass is 10.0. The summed E-state index contributed by atoms with van der Waals surface area (Å²) in [5.41, 5.74) is 2.03. The van der Waals surface area contributed by atoms with E-state index in [4.69, 9.17) is 0 Å². The van der Waals surface area contributed by atoms with E-state index in [1.165, 1.54) is 24.3 Å². The van der Waals surface area contributed by atoms with Crippen molar-refractivity contribution in [2.75, 3.05) is 16.8 Å². The van der Waals surface area contributed by atoms with Crippen LogP contribution in [0.5, 0.6) is 0 Å². The summed E-state index contributed by atoms with van der Waals surface area (Å²) in [4.78, 5) is 37.2. The number of anilines is 2. The fourth-order valence-electron chi connectivity index (χ4n) is 3.42. The molecular formula is C20H15N3O4. The molecule has 2 amide bonds. The van der Waals surface area contributed by atoms with Gasteiger partial charge in [0.2, 0.25) is 0 Å². The summed E-state index contributed by atoms with van der Waals surface area (Å²) in [6.45, 7) is 2.47. The molecule has 0 aromatic heterocycles. The number of carbonyl (C=O) groups is 2. The lowest BCUT2D eigenvalue weighted by Crippen LogP contribution is -2.25. The largest absolute Gasteiger partial charge is 0.321 e. The second kappa shape index (κ2) is 6.21. The van der Waals surface area contributed by atoms with Crippen molar-refractivity contribution >= 4 is 39.6 Å². The minimum Gasteiger partial charge on any atom is -0.321 e. The smallest absolute Gasteiger partial charge is 0.270 e. The van der Waals surface area contributed by atoms with Crippen molar-refractivity contribution in [1.82, 2.24) is 0 Å². The normalized spacial score (nSPS) is 12.5. The maximum atomic E-state index is 12.6. The number of nitrogens with one attached hydrogen (secondary N) is 1. The van der Waals surface area contributed by atoms with Gasteiger partial charge in [-0.3, -0.25) is 19.7 Å². The van der Waals surface area contributed by atoms with E-state index in [0.29, 0.717) is 17.8 Å². The van der Waals surface area contributed by atoms with Gasteiger partial charge in [-0.15, -0.1) is 0 Å². The quantitative estimate of drug-likeness (QED) is 0.562. The van der Waals surface area contributed by atoms with Gasteiger partial charge < -0.3 is 10.2 Å². The molecule has 1 aliphatic rings. The molecule has 0 unspecified atom stereocenters. The van der Waals surface area contributed by atoms with Gasteiger partial charge in [-0.05, 0) is 31.2 Å². The third-order valence-corrected chi connectivity index (χ3v) is 4.67. The van der Waals surface area contributed by atoms with Gasteiger partial charge in [-0.1, -0.05) is 18.2 Å². The van der Waals surface area contributed by atoms with Crippen molar-refractivity contribution in [3.05, 3.63) is 75.8 Å². The summed E-state index contributed by atoms with van der Waals surface area (Å²) in [5.74, 6) is -0.503. The summed E-state index contributed by atoms with van der Waals surface area (Å²) >= 11 is 0. The fourth-order valence-corrected chi connectivity index (χ4v) is 3.42. The Kier molecular flexibility index (Phi) is 3.84. The zero-order valence-corrected chi connectivity index (χ0v) is 14.4. The molecule has 0 radical (unpaired) electrons. The summed E-state index contributed by atoms with van der Waals surface area (Å²) < 4.78 is 0. The van der Waals surface area contributed by atoms with Crippen LogP contribution in [0.15, 0.2) is 54.6 Å². The van der Waals surface area contributed by atoms with Crippen LogP contribution in [0.4, 0.5) is 17.1 Å². The summed E-state index contributed by atoms with van der Waals surface area (Å²) in [5, 5.41) is 15.3. The highest BCUT2D eigenvalue weighted by atomic mass is 16.6. The van der Waals surface area contributed by atoms with Crippen LogP contribution < -0.4 is 10.2 Å². The van der Waals surface area contributed by atoms with E-state index in [1.807, 2.05) is 19.1 Å². The fraction of sp³-hybridized carbons (Fsp3) is 0.100. The standard InChI is InChI=1S/C20H15N3O4/c1-2-22-17-10-9-16(14-7-4-8-15(18(14)17)20(22)25)21-19(24)12-5-3-6-13(11-12)23(26)27/h3-11H,2H2,1H3,(H,21,24). The van der Waals surface area contributed by atoms with Crippen LogP contribution in [-0.4, -0.2) is 23.3 Å². The molecule has 0 spiro atoms. The molecule has 0 saturated heterocycles. The molecule has 1 N–H and O–H groups in total. The third kappa shape index (κ3) is 2.60. The molecule has 134 valence electrons. The highest BCUT2D eigenvalue weighted by Crippen LogP contribution is 2.40. The minimum absolute atomic E-state index is 0.0553. The number of carbonyl (C=O) groups excluding carboxylic acids is 2. The molecule has 1 heterocycles. The predicted molar refractivity (Wildman–Crippen MR) is 102 cm³/mol. The van der Waals surface area contributed by atoms with Crippen LogP contribution >= 0.6 is 0 Å². The third-order valence-electron chi connectivity index (χ3n) is 4.67. The van der Waals surface area contributed by atoms with Crippen molar-refractivity contribution in [2.45, 2.75) is 6.92 Å². The van der Waals surface area contributed by atoms with Gasteiger partial charge in [0.1, 0.15) is 0 Å². The van der Waals surface area contributed by atoms with E-state index in [1.54, 1.807) is 23.1 Å². The molecule has 3 aromatic rings. The monoisotopic (exact) mass is 361 g/mol. The van der Waals surface area contributed by atoms with Crippen LogP contribution in [0.1, 0.15) is 27.6 Å². The predicted octanol–water partition coefficient (Wildman–Crippen LogP) is 3.98. The molecule has 0 atom stereocenters. The Morgan fingerprint density at radius 2 is 1.93 bits per heavy atom. The number of benzene rings is 3. The Labute approximate surface area is 154 Å². The van der Waals surface area contributed by atoms with E-state index in [-0.39, 0.29) is 17.2 Å². The molecule has 27 heavy (non-hydrogen) atoms. The first kappa shape index (κ1) is 16.7. The highest BCUT2D eigenvalue weighted by molar-refractivity contribution is 6.27. The van der Waals surface area contributed by atoms with E-state index >= 15 is 0 Å². The average Bonchev–Trinajstić information content (AvgIpc) is 2.96. The van der Waals surface area contributed by atoms with Gasteiger partial charge in [0.15, 0.2) is 0 Å². The van der Waals surface area contributed by atoms with Crippen LogP contribution in [0.3, 0.4) is 0 Å². The van der Waals surface area contributed by atoms with Crippen molar-refractivity contribution in [3.8, 4) is 0 Å². The van der Waals surface area contributed by atoms with Crippen LogP contribution in [-0.2, 0) is 0 Å². The molecule has 7 heteroatoms. The van der Waals surface area contributed by atoms with Crippen molar-refractivity contribution in [1.29, 1.82) is 0 Å². The number of nitro groups is 1. The Morgan fingerprint density at radius 3 is 2.67 bits per heavy atom. The molecular weight excluding hydrogens is 346 g/mol. The highest BCUT2D eigenvalue weighted by Gasteiger charge is 2.29. The van der Waals surface area contributed by atoms with Crippen LogP contribution in [0.25, 0.3) is 10.8 Å². The van der Waals surface area contributed by atoms with Gasteiger partial charge in [-0.25, -0.2) is 0 Å². The second-order valence-electron chi connectivity index (χ2n) is 6.17. The number of rotatable bonds is 4. The maximum absolute atomic E-state index is 12.6. The molecule has 1 aliphatic heterocycles.